The number of aliphatic imine (C=N–C) groups is 2. The summed E-state index contributed by atoms with van der Waals surface area (Å²) in [6, 6.07) is 22.6. The first kappa shape index (κ1) is 25.6. The quantitative estimate of drug-likeness (QED) is 0.415. The molecule has 0 saturated carbocycles. The zero-order valence-electron chi connectivity index (χ0n) is 20.0. The highest BCUT2D eigenvalue weighted by Gasteiger charge is 2.35. The third kappa shape index (κ3) is 6.02. The number of hydrogen-bond acceptors (Lipinski definition) is 6. The molecule has 36 heavy (non-hydrogen) atoms. The average molecular weight is 513 g/mol. The second-order valence-electron chi connectivity index (χ2n) is 8.63. The summed E-state index contributed by atoms with van der Waals surface area (Å²) in [5.41, 5.74) is 5.60. The van der Waals surface area contributed by atoms with E-state index >= 15 is 0 Å². The maximum absolute atomic E-state index is 12.6. The maximum Gasteiger partial charge on any atom is 0.479 e. The largest absolute Gasteiger partial charge is 0.479 e. The summed E-state index contributed by atoms with van der Waals surface area (Å²) in [6.45, 7) is 3.34. The molecule has 2 N–H and O–H groups in total. The van der Waals surface area contributed by atoms with Crippen LogP contribution < -0.4 is 9.92 Å². The number of alkyl halides is 3. The minimum absolute atomic E-state index is 0.0822. The van der Waals surface area contributed by atoms with Gasteiger partial charge < -0.3 is 14.8 Å². The van der Waals surface area contributed by atoms with E-state index < -0.39 is 23.1 Å². The first-order chi connectivity index (χ1) is 17.2. The van der Waals surface area contributed by atoms with Crippen molar-refractivity contribution in [2.75, 3.05) is 20.1 Å². The standard InChI is InChI=1S/C27H27F3N4OS/c1-19-6-3-7-20(16-19)21-8-4-9-23(17-21)26(18-32-14-5-15-34(2)25(31)33-26)22-10-12-24(13-11-22)35-36-27(28,29)30/h3-4,6-13,16-18H,5,14-15H2,1-2H3,(H2,31,33). The Morgan fingerprint density at radius 1 is 0.972 bits per heavy atom. The van der Waals surface area contributed by atoms with Gasteiger partial charge in [0.15, 0.2) is 18.0 Å². The van der Waals surface area contributed by atoms with Gasteiger partial charge in [-0.1, -0.05) is 60.2 Å². The van der Waals surface area contributed by atoms with Crippen LogP contribution in [-0.4, -0.2) is 42.7 Å². The van der Waals surface area contributed by atoms with E-state index in [1.807, 2.05) is 55.3 Å². The Labute approximate surface area is 213 Å². The van der Waals surface area contributed by atoms with E-state index in [2.05, 4.69) is 17.1 Å². The second-order valence-corrected chi connectivity index (χ2v) is 9.43. The van der Waals surface area contributed by atoms with E-state index in [0.717, 1.165) is 28.7 Å². The Balaban J connectivity index is 1.85. The normalized spacial score (nSPS) is 18.7. The predicted molar refractivity (Wildman–Crippen MR) is 140 cm³/mol. The molecule has 0 aromatic heterocycles. The molecule has 1 unspecified atom stereocenters. The number of halogens is 3. The molecule has 1 aliphatic rings. The topological polar surface area (TPSA) is 63.2 Å². The van der Waals surface area contributed by atoms with Crippen LogP contribution in [0.4, 0.5) is 13.2 Å². The molecule has 9 heteroatoms. The molecule has 0 saturated heterocycles. The van der Waals surface area contributed by atoms with Crippen LogP contribution in [0.3, 0.4) is 0 Å². The molecule has 0 spiro atoms. The molecular weight excluding hydrogens is 485 g/mol. The van der Waals surface area contributed by atoms with Crippen LogP contribution in [0, 0.1) is 6.92 Å². The fourth-order valence-corrected chi connectivity index (χ4v) is 4.37. The zero-order chi connectivity index (χ0) is 25.8. The molecule has 1 aliphatic heterocycles. The van der Waals surface area contributed by atoms with Crippen molar-refractivity contribution in [2.24, 2.45) is 15.7 Å². The van der Waals surface area contributed by atoms with Gasteiger partial charge in [-0.2, -0.15) is 13.2 Å². The molecule has 3 aromatic carbocycles. The van der Waals surface area contributed by atoms with E-state index in [4.69, 9.17) is 14.9 Å². The molecule has 0 radical (unpaired) electrons. The number of benzene rings is 3. The zero-order valence-corrected chi connectivity index (χ0v) is 20.8. The summed E-state index contributed by atoms with van der Waals surface area (Å²) in [7, 11) is 1.88. The molecule has 0 fully saturated rings. The van der Waals surface area contributed by atoms with Gasteiger partial charge in [0.2, 0.25) is 0 Å². The van der Waals surface area contributed by atoms with E-state index in [1.54, 1.807) is 18.3 Å². The maximum atomic E-state index is 12.6. The lowest BCUT2D eigenvalue weighted by atomic mass is 9.83. The van der Waals surface area contributed by atoms with Crippen molar-refractivity contribution in [1.29, 1.82) is 0 Å². The Morgan fingerprint density at radius 3 is 2.36 bits per heavy atom. The van der Waals surface area contributed by atoms with Crippen molar-refractivity contribution >= 4 is 24.2 Å². The Kier molecular flexibility index (Phi) is 7.59. The van der Waals surface area contributed by atoms with E-state index in [1.165, 1.54) is 12.1 Å². The number of guanidine groups is 1. The molecule has 3 aromatic rings. The van der Waals surface area contributed by atoms with Gasteiger partial charge in [-0.25, -0.2) is 4.99 Å². The van der Waals surface area contributed by atoms with Gasteiger partial charge in [-0.15, -0.1) is 0 Å². The highest BCUT2D eigenvalue weighted by atomic mass is 32.2. The van der Waals surface area contributed by atoms with Gasteiger partial charge in [-0.05, 0) is 53.8 Å². The lowest BCUT2D eigenvalue weighted by molar-refractivity contribution is -0.0369. The van der Waals surface area contributed by atoms with Gasteiger partial charge in [0.05, 0.1) is 0 Å². The van der Waals surface area contributed by atoms with Crippen molar-refractivity contribution in [3.05, 3.63) is 89.5 Å². The van der Waals surface area contributed by atoms with E-state index in [0.29, 0.717) is 24.6 Å². The third-order valence-corrected chi connectivity index (χ3v) is 6.39. The number of nitrogens with two attached hydrogens (primary N) is 1. The SMILES string of the molecule is Cc1cccc(-c2cccc(C3(c4ccc(OSC(F)(F)F)cc4)C=NCCCN(C)C(N)=N3)c2)c1. The molecule has 1 heterocycles. The Morgan fingerprint density at radius 2 is 1.67 bits per heavy atom. The third-order valence-electron chi connectivity index (χ3n) is 5.92. The van der Waals surface area contributed by atoms with Gasteiger partial charge in [0, 0.05) is 26.4 Å². The molecular formula is C27H27F3N4OS. The lowest BCUT2D eigenvalue weighted by Gasteiger charge is -2.29. The van der Waals surface area contributed by atoms with E-state index in [9.17, 15) is 13.2 Å². The number of aryl methyl sites for hydroxylation is 1. The smallest absolute Gasteiger partial charge is 0.417 e. The first-order valence-corrected chi connectivity index (χ1v) is 12.2. The summed E-state index contributed by atoms with van der Waals surface area (Å²) in [5, 5.41) is 0. The van der Waals surface area contributed by atoms with Gasteiger partial charge in [0.1, 0.15) is 11.3 Å². The van der Waals surface area contributed by atoms with Crippen molar-refractivity contribution in [2.45, 2.75) is 24.4 Å². The number of nitrogens with zero attached hydrogens (tertiary/aromatic N) is 3. The van der Waals surface area contributed by atoms with Crippen molar-refractivity contribution in [3.8, 4) is 16.9 Å². The summed E-state index contributed by atoms with van der Waals surface area (Å²) in [6.07, 6.45) is 2.60. The molecule has 5 nitrogen and oxygen atoms in total. The van der Waals surface area contributed by atoms with Crippen LogP contribution in [0.2, 0.25) is 0 Å². The van der Waals surface area contributed by atoms with Crippen LogP contribution in [0.1, 0.15) is 23.1 Å². The predicted octanol–water partition coefficient (Wildman–Crippen LogP) is 6.17. The fourth-order valence-electron chi connectivity index (χ4n) is 4.07. The molecule has 1 atom stereocenters. The van der Waals surface area contributed by atoms with Crippen molar-refractivity contribution < 1.29 is 17.4 Å². The second kappa shape index (κ2) is 10.7. The lowest BCUT2D eigenvalue weighted by Crippen LogP contribution is -2.39. The van der Waals surface area contributed by atoms with Crippen LogP contribution in [0.15, 0.2) is 82.8 Å². The molecule has 188 valence electrons. The highest BCUT2D eigenvalue weighted by molar-refractivity contribution is 7.95. The van der Waals surface area contributed by atoms with Crippen molar-refractivity contribution in [1.82, 2.24) is 4.90 Å². The molecule has 0 bridgehead atoms. The number of rotatable bonds is 5. The Hall–Kier alpha value is -3.46. The van der Waals surface area contributed by atoms with Gasteiger partial charge >= 0.3 is 5.51 Å². The average Bonchev–Trinajstić information content (AvgIpc) is 2.93. The first-order valence-electron chi connectivity index (χ1n) is 11.4. The fraction of sp³-hybridized carbons (Fsp3) is 0.259. The van der Waals surface area contributed by atoms with Crippen molar-refractivity contribution in [3.63, 3.8) is 0 Å². The van der Waals surface area contributed by atoms with Crippen LogP contribution in [0.25, 0.3) is 11.1 Å². The number of hydrogen-bond donors (Lipinski definition) is 1. The monoisotopic (exact) mass is 512 g/mol. The molecule has 0 amide bonds. The molecule has 4 rings (SSSR count). The van der Waals surface area contributed by atoms with Crippen LogP contribution in [0.5, 0.6) is 5.75 Å². The van der Waals surface area contributed by atoms with Crippen LogP contribution >= 0.6 is 12.0 Å². The minimum atomic E-state index is -4.50. The summed E-state index contributed by atoms with van der Waals surface area (Å²) >= 11 is -0.547. The van der Waals surface area contributed by atoms with Gasteiger partial charge in [-0.3, -0.25) is 4.99 Å². The Bertz CT molecular complexity index is 1260. The van der Waals surface area contributed by atoms with E-state index in [-0.39, 0.29) is 5.75 Å². The summed E-state index contributed by atoms with van der Waals surface area (Å²) < 4.78 is 42.6. The van der Waals surface area contributed by atoms with Gasteiger partial charge in [0.25, 0.3) is 0 Å². The minimum Gasteiger partial charge on any atom is -0.417 e. The summed E-state index contributed by atoms with van der Waals surface area (Å²) in [4.78, 5) is 11.5. The molecule has 0 aliphatic carbocycles. The summed E-state index contributed by atoms with van der Waals surface area (Å²) in [5.74, 6) is 0.427. The highest BCUT2D eigenvalue weighted by Crippen LogP contribution is 2.38. The van der Waals surface area contributed by atoms with Crippen LogP contribution in [-0.2, 0) is 5.54 Å².